The second-order valence-corrected chi connectivity index (χ2v) is 4.95. The maximum absolute atomic E-state index is 9.21. The summed E-state index contributed by atoms with van der Waals surface area (Å²) in [4.78, 5) is 4.30. The Bertz CT molecular complexity index is 692. The fourth-order valence-electron chi connectivity index (χ4n) is 1.78. The van der Waals surface area contributed by atoms with Crippen LogP contribution in [0.2, 0.25) is 10.0 Å². The lowest BCUT2D eigenvalue weighted by Crippen LogP contribution is -2.01. The van der Waals surface area contributed by atoms with E-state index in [0.717, 1.165) is 5.56 Å². The van der Waals surface area contributed by atoms with Gasteiger partial charge in [-0.15, -0.1) is 0 Å². The molecule has 1 aromatic heterocycles. The molecule has 0 saturated carbocycles. The number of nitrogens with one attached hydrogen (secondary N) is 2. The van der Waals surface area contributed by atoms with Crippen LogP contribution < -0.4 is 10.6 Å². The zero-order valence-electron chi connectivity index (χ0n) is 11.0. The van der Waals surface area contributed by atoms with E-state index in [4.69, 9.17) is 23.2 Å². The van der Waals surface area contributed by atoms with Crippen LogP contribution in [0, 0.1) is 18.3 Å². The summed E-state index contributed by atoms with van der Waals surface area (Å²) in [6, 6.07) is 9.31. The highest BCUT2D eigenvalue weighted by molar-refractivity contribution is 6.37. The molecule has 2 aromatic rings. The highest BCUT2D eigenvalue weighted by atomic mass is 35.5. The molecule has 102 valence electrons. The molecule has 0 aliphatic carbocycles. The summed E-state index contributed by atoms with van der Waals surface area (Å²) in [6.07, 6.45) is 0. The van der Waals surface area contributed by atoms with E-state index in [0.29, 0.717) is 32.9 Å². The van der Waals surface area contributed by atoms with Crippen molar-refractivity contribution in [2.45, 2.75) is 6.92 Å². The van der Waals surface area contributed by atoms with Crippen molar-refractivity contribution in [3.8, 4) is 6.07 Å². The lowest BCUT2D eigenvalue weighted by atomic mass is 10.1. The number of rotatable bonds is 3. The van der Waals surface area contributed by atoms with Crippen LogP contribution in [0.5, 0.6) is 0 Å². The van der Waals surface area contributed by atoms with Crippen molar-refractivity contribution in [3.05, 3.63) is 45.4 Å². The minimum absolute atomic E-state index is 0.388. The molecule has 6 heteroatoms. The molecule has 20 heavy (non-hydrogen) atoms. The van der Waals surface area contributed by atoms with Gasteiger partial charge in [0.2, 0.25) is 0 Å². The Hall–Kier alpha value is -1.96. The van der Waals surface area contributed by atoms with E-state index >= 15 is 0 Å². The highest BCUT2D eigenvalue weighted by Crippen LogP contribution is 2.32. The molecular formula is C14H12Cl2N4. The molecule has 0 aliphatic heterocycles. The molecule has 2 N–H and O–H groups in total. The molecule has 0 bridgehead atoms. The summed E-state index contributed by atoms with van der Waals surface area (Å²) >= 11 is 12.1. The number of aromatic nitrogens is 1. The molecule has 0 unspecified atom stereocenters. The van der Waals surface area contributed by atoms with Crippen LogP contribution in [0.1, 0.15) is 11.1 Å². The van der Waals surface area contributed by atoms with Crippen molar-refractivity contribution in [1.29, 1.82) is 5.26 Å². The van der Waals surface area contributed by atoms with Crippen LogP contribution in [0.3, 0.4) is 0 Å². The highest BCUT2D eigenvalue weighted by Gasteiger charge is 2.11. The molecule has 0 saturated heterocycles. The third-order valence-corrected chi connectivity index (χ3v) is 3.38. The van der Waals surface area contributed by atoms with Crippen molar-refractivity contribution in [2.24, 2.45) is 0 Å². The lowest BCUT2D eigenvalue weighted by molar-refractivity contribution is 1.27. The summed E-state index contributed by atoms with van der Waals surface area (Å²) in [5.74, 6) is 0.965. The molecule has 2 rings (SSSR count). The Kier molecular flexibility index (Phi) is 4.33. The Morgan fingerprint density at radius 2 is 1.90 bits per heavy atom. The van der Waals surface area contributed by atoms with Crippen molar-refractivity contribution >= 4 is 40.5 Å². The Labute approximate surface area is 127 Å². The lowest BCUT2D eigenvalue weighted by Gasteiger charge is -2.12. The fourth-order valence-corrected chi connectivity index (χ4v) is 2.28. The summed E-state index contributed by atoms with van der Waals surface area (Å²) < 4.78 is 0. The van der Waals surface area contributed by atoms with Gasteiger partial charge < -0.3 is 10.6 Å². The number of nitrogens with zero attached hydrogens (tertiary/aromatic N) is 2. The van der Waals surface area contributed by atoms with E-state index < -0.39 is 0 Å². The average molecular weight is 307 g/mol. The van der Waals surface area contributed by atoms with Gasteiger partial charge in [0.05, 0.1) is 21.3 Å². The maximum atomic E-state index is 9.21. The van der Waals surface area contributed by atoms with Crippen LogP contribution >= 0.6 is 23.2 Å². The number of nitriles is 1. The quantitative estimate of drug-likeness (QED) is 0.885. The first-order valence-electron chi connectivity index (χ1n) is 5.87. The van der Waals surface area contributed by atoms with Crippen molar-refractivity contribution in [1.82, 2.24) is 4.98 Å². The molecule has 1 aromatic carbocycles. The molecule has 0 aliphatic rings. The number of hydrogen-bond donors (Lipinski definition) is 2. The molecule has 0 radical (unpaired) electrons. The summed E-state index contributed by atoms with van der Waals surface area (Å²) in [7, 11) is 1.72. The number of aryl methyl sites for hydroxylation is 1. The Morgan fingerprint density at radius 3 is 2.55 bits per heavy atom. The third-order valence-electron chi connectivity index (χ3n) is 2.80. The molecule has 0 spiro atoms. The zero-order valence-corrected chi connectivity index (χ0v) is 12.5. The fraction of sp³-hybridized carbons (Fsp3) is 0.143. The van der Waals surface area contributed by atoms with Crippen molar-refractivity contribution < 1.29 is 0 Å². The number of anilines is 3. The number of pyridine rings is 1. The van der Waals surface area contributed by atoms with Crippen molar-refractivity contribution in [3.63, 3.8) is 0 Å². The van der Waals surface area contributed by atoms with Crippen LogP contribution in [0.25, 0.3) is 0 Å². The molecule has 0 fully saturated rings. The SMILES string of the molecule is CNc1nc(Nc2cccc(C)c2C#N)c(Cl)cc1Cl. The van der Waals surface area contributed by atoms with E-state index in [2.05, 4.69) is 21.7 Å². The first-order chi connectivity index (χ1) is 9.56. The molecular weight excluding hydrogens is 295 g/mol. The average Bonchev–Trinajstić information content (AvgIpc) is 2.42. The summed E-state index contributed by atoms with van der Waals surface area (Å²) in [6.45, 7) is 1.87. The minimum Gasteiger partial charge on any atom is -0.372 e. The monoisotopic (exact) mass is 306 g/mol. The second-order valence-electron chi connectivity index (χ2n) is 4.13. The first-order valence-corrected chi connectivity index (χ1v) is 6.63. The van der Waals surface area contributed by atoms with Crippen molar-refractivity contribution in [2.75, 3.05) is 17.7 Å². The summed E-state index contributed by atoms with van der Waals surface area (Å²) in [5, 5.41) is 16.0. The number of benzene rings is 1. The van der Waals surface area contributed by atoms with Crippen LogP contribution in [0.4, 0.5) is 17.3 Å². The van der Waals surface area contributed by atoms with Crippen LogP contribution in [0.15, 0.2) is 24.3 Å². The van der Waals surface area contributed by atoms with Gasteiger partial charge in [-0.05, 0) is 24.6 Å². The van der Waals surface area contributed by atoms with E-state index in [9.17, 15) is 5.26 Å². The maximum Gasteiger partial charge on any atom is 0.151 e. The minimum atomic E-state index is 0.388. The zero-order chi connectivity index (χ0) is 14.7. The normalized spacial score (nSPS) is 9.95. The van der Waals surface area contributed by atoms with Gasteiger partial charge in [0.25, 0.3) is 0 Å². The Balaban J connectivity index is 2.46. The predicted molar refractivity (Wildman–Crippen MR) is 83.0 cm³/mol. The topological polar surface area (TPSA) is 60.7 Å². The smallest absolute Gasteiger partial charge is 0.151 e. The predicted octanol–water partition coefficient (Wildman–Crippen LogP) is 4.35. The van der Waals surface area contributed by atoms with Gasteiger partial charge in [0.1, 0.15) is 11.9 Å². The van der Waals surface area contributed by atoms with Gasteiger partial charge in [0, 0.05) is 7.05 Å². The largest absolute Gasteiger partial charge is 0.372 e. The number of halogens is 2. The molecule has 0 amide bonds. The molecule has 4 nitrogen and oxygen atoms in total. The first kappa shape index (κ1) is 14.4. The van der Waals surface area contributed by atoms with E-state index in [1.807, 2.05) is 19.1 Å². The van der Waals surface area contributed by atoms with Gasteiger partial charge >= 0.3 is 0 Å². The van der Waals surface area contributed by atoms with E-state index in [1.54, 1.807) is 19.2 Å². The van der Waals surface area contributed by atoms with Gasteiger partial charge in [-0.2, -0.15) is 5.26 Å². The third kappa shape index (κ3) is 2.79. The van der Waals surface area contributed by atoms with Gasteiger partial charge in [0.15, 0.2) is 5.82 Å². The second kappa shape index (κ2) is 6.00. The van der Waals surface area contributed by atoms with Gasteiger partial charge in [-0.3, -0.25) is 0 Å². The van der Waals surface area contributed by atoms with E-state index in [-0.39, 0.29) is 0 Å². The Morgan fingerprint density at radius 1 is 1.20 bits per heavy atom. The number of hydrogen-bond acceptors (Lipinski definition) is 4. The van der Waals surface area contributed by atoms with Crippen LogP contribution in [-0.2, 0) is 0 Å². The molecule has 0 atom stereocenters. The standard InChI is InChI=1S/C14H12Cl2N4/c1-8-4-3-5-12(9(8)7-17)19-14-11(16)6-10(15)13(18-2)20-14/h3-6H,1-2H3,(H2,18,19,20). The van der Waals surface area contributed by atoms with E-state index in [1.165, 1.54) is 0 Å². The molecule has 1 heterocycles. The van der Waals surface area contributed by atoms with Gasteiger partial charge in [-0.1, -0.05) is 35.3 Å². The summed E-state index contributed by atoms with van der Waals surface area (Å²) in [5.41, 5.74) is 2.11. The van der Waals surface area contributed by atoms with Gasteiger partial charge in [-0.25, -0.2) is 4.98 Å². The van der Waals surface area contributed by atoms with Crippen LogP contribution in [-0.4, -0.2) is 12.0 Å².